The fourth-order valence-electron chi connectivity index (χ4n) is 2.22. The van der Waals surface area contributed by atoms with Crippen molar-refractivity contribution in [2.24, 2.45) is 0 Å². The summed E-state index contributed by atoms with van der Waals surface area (Å²) in [6.45, 7) is 0. The largest absolute Gasteiger partial charge is 0.481 e. The molecule has 0 aliphatic heterocycles. The molecule has 1 aliphatic carbocycles. The molecule has 5 nitrogen and oxygen atoms in total. The molecular formula is C13H14N4O. The summed E-state index contributed by atoms with van der Waals surface area (Å²) in [5.41, 5.74) is 9.02. The average Bonchev–Trinajstić information content (AvgIpc) is 2.88. The Morgan fingerprint density at radius 1 is 1.22 bits per heavy atom. The number of methoxy groups -OCH3 is 1. The number of nitrogen functional groups attached to an aromatic ring is 1. The van der Waals surface area contributed by atoms with Gasteiger partial charge in [-0.25, -0.2) is 15.0 Å². The molecule has 0 bridgehead atoms. The zero-order valence-corrected chi connectivity index (χ0v) is 10.2. The average molecular weight is 242 g/mol. The quantitative estimate of drug-likeness (QED) is 0.866. The van der Waals surface area contributed by atoms with Crippen LogP contribution in [0, 0.1) is 0 Å². The zero-order valence-electron chi connectivity index (χ0n) is 10.2. The number of anilines is 1. The maximum Gasteiger partial charge on any atom is 0.212 e. The maximum atomic E-state index is 5.97. The smallest absolute Gasteiger partial charge is 0.212 e. The molecule has 18 heavy (non-hydrogen) atoms. The summed E-state index contributed by atoms with van der Waals surface area (Å²) in [5, 5.41) is 0. The molecule has 2 N–H and O–H groups in total. The van der Waals surface area contributed by atoms with E-state index in [-0.39, 0.29) is 0 Å². The first-order valence-electron chi connectivity index (χ1n) is 5.93. The van der Waals surface area contributed by atoms with Crippen molar-refractivity contribution in [3.8, 4) is 17.3 Å². The third-order valence-electron chi connectivity index (χ3n) is 3.17. The van der Waals surface area contributed by atoms with E-state index in [0.717, 1.165) is 36.1 Å². The molecule has 2 heterocycles. The predicted octanol–water partition coefficient (Wildman–Crippen LogP) is 1.62. The third-order valence-corrected chi connectivity index (χ3v) is 3.17. The molecule has 0 aromatic carbocycles. The van der Waals surface area contributed by atoms with Crippen LogP contribution in [-0.4, -0.2) is 22.1 Å². The van der Waals surface area contributed by atoms with Crippen molar-refractivity contribution in [2.75, 3.05) is 12.8 Å². The SMILES string of the molecule is COc1ccc(-c2nc(N)c3c(n2)CCC3)cn1. The first-order valence-corrected chi connectivity index (χ1v) is 5.93. The maximum absolute atomic E-state index is 5.97. The Hall–Kier alpha value is -2.17. The first kappa shape index (κ1) is 11.0. The van der Waals surface area contributed by atoms with Gasteiger partial charge in [0, 0.05) is 29.1 Å². The molecular weight excluding hydrogens is 228 g/mol. The van der Waals surface area contributed by atoms with Gasteiger partial charge in [0.15, 0.2) is 5.82 Å². The van der Waals surface area contributed by atoms with E-state index in [1.165, 1.54) is 0 Å². The van der Waals surface area contributed by atoms with Gasteiger partial charge in [0.25, 0.3) is 0 Å². The van der Waals surface area contributed by atoms with Crippen molar-refractivity contribution in [2.45, 2.75) is 19.3 Å². The van der Waals surface area contributed by atoms with Gasteiger partial charge < -0.3 is 10.5 Å². The molecule has 0 unspecified atom stereocenters. The van der Waals surface area contributed by atoms with E-state index in [1.807, 2.05) is 6.07 Å². The van der Waals surface area contributed by atoms with E-state index >= 15 is 0 Å². The Bertz CT molecular complexity index is 580. The van der Waals surface area contributed by atoms with Crippen LogP contribution < -0.4 is 10.5 Å². The van der Waals surface area contributed by atoms with Crippen molar-refractivity contribution in [3.63, 3.8) is 0 Å². The van der Waals surface area contributed by atoms with Crippen molar-refractivity contribution < 1.29 is 4.74 Å². The first-order chi connectivity index (χ1) is 8.78. The Labute approximate surface area is 105 Å². The number of fused-ring (bicyclic) bond motifs is 1. The topological polar surface area (TPSA) is 73.9 Å². The van der Waals surface area contributed by atoms with Crippen molar-refractivity contribution >= 4 is 5.82 Å². The van der Waals surface area contributed by atoms with E-state index < -0.39 is 0 Å². The monoisotopic (exact) mass is 242 g/mol. The standard InChI is InChI=1S/C13H14N4O/c1-18-11-6-5-8(7-15-11)13-16-10-4-2-3-9(10)12(14)17-13/h5-7H,2-4H2,1H3,(H2,14,16,17). The molecule has 5 heteroatoms. The lowest BCUT2D eigenvalue weighted by molar-refractivity contribution is 0.398. The Morgan fingerprint density at radius 2 is 2.11 bits per heavy atom. The number of nitrogens with two attached hydrogens (primary N) is 1. The summed E-state index contributed by atoms with van der Waals surface area (Å²) in [6, 6.07) is 3.68. The van der Waals surface area contributed by atoms with Gasteiger partial charge in [-0.1, -0.05) is 0 Å². The fourth-order valence-corrected chi connectivity index (χ4v) is 2.22. The predicted molar refractivity (Wildman–Crippen MR) is 68.3 cm³/mol. The Morgan fingerprint density at radius 3 is 2.83 bits per heavy atom. The lowest BCUT2D eigenvalue weighted by Crippen LogP contribution is -2.03. The molecule has 0 saturated carbocycles. The zero-order chi connectivity index (χ0) is 12.5. The van der Waals surface area contributed by atoms with E-state index in [1.54, 1.807) is 19.4 Å². The highest BCUT2D eigenvalue weighted by Gasteiger charge is 2.18. The second-order valence-electron chi connectivity index (χ2n) is 4.30. The van der Waals surface area contributed by atoms with Crippen LogP contribution in [-0.2, 0) is 12.8 Å². The number of nitrogens with zero attached hydrogens (tertiary/aromatic N) is 3. The molecule has 3 rings (SSSR count). The second-order valence-corrected chi connectivity index (χ2v) is 4.30. The summed E-state index contributed by atoms with van der Waals surface area (Å²) in [4.78, 5) is 13.1. The van der Waals surface area contributed by atoms with Crippen molar-refractivity contribution in [1.82, 2.24) is 15.0 Å². The summed E-state index contributed by atoms with van der Waals surface area (Å²) < 4.78 is 5.03. The normalized spacial score (nSPS) is 13.4. The second kappa shape index (κ2) is 4.25. The van der Waals surface area contributed by atoms with Crippen LogP contribution in [0.1, 0.15) is 17.7 Å². The van der Waals surface area contributed by atoms with Crippen LogP contribution in [0.25, 0.3) is 11.4 Å². The highest BCUT2D eigenvalue weighted by Crippen LogP contribution is 2.27. The van der Waals surface area contributed by atoms with Crippen LogP contribution in [0.3, 0.4) is 0 Å². The van der Waals surface area contributed by atoms with Gasteiger partial charge in [-0.3, -0.25) is 0 Å². The van der Waals surface area contributed by atoms with Gasteiger partial charge in [-0.15, -0.1) is 0 Å². The Kier molecular flexibility index (Phi) is 2.59. The van der Waals surface area contributed by atoms with Gasteiger partial charge in [-0.05, 0) is 25.3 Å². The van der Waals surface area contributed by atoms with Crippen molar-refractivity contribution in [3.05, 3.63) is 29.6 Å². The summed E-state index contributed by atoms with van der Waals surface area (Å²) in [7, 11) is 1.59. The summed E-state index contributed by atoms with van der Waals surface area (Å²) >= 11 is 0. The molecule has 0 saturated heterocycles. The van der Waals surface area contributed by atoms with Crippen LogP contribution in [0.2, 0.25) is 0 Å². The molecule has 1 aliphatic rings. The van der Waals surface area contributed by atoms with Gasteiger partial charge in [0.2, 0.25) is 5.88 Å². The van der Waals surface area contributed by atoms with Gasteiger partial charge in [0.1, 0.15) is 5.82 Å². The van der Waals surface area contributed by atoms with Crippen molar-refractivity contribution in [1.29, 1.82) is 0 Å². The number of ether oxygens (including phenoxy) is 1. The molecule has 0 fully saturated rings. The minimum atomic E-state index is 0.577. The van der Waals surface area contributed by atoms with Gasteiger partial charge in [-0.2, -0.15) is 0 Å². The molecule has 0 radical (unpaired) electrons. The van der Waals surface area contributed by atoms with E-state index in [4.69, 9.17) is 10.5 Å². The van der Waals surface area contributed by atoms with Gasteiger partial charge >= 0.3 is 0 Å². The highest BCUT2D eigenvalue weighted by atomic mass is 16.5. The van der Waals surface area contributed by atoms with E-state index in [0.29, 0.717) is 17.5 Å². The lowest BCUT2D eigenvalue weighted by atomic mass is 10.2. The van der Waals surface area contributed by atoms with Crippen LogP contribution in [0.15, 0.2) is 18.3 Å². The molecule has 2 aromatic rings. The number of hydrogen-bond donors (Lipinski definition) is 1. The number of rotatable bonds is 2. The minimum Gasteiger partial charge on any atom is -0.481 e. The Balaban J connectivity index is 2.03. The molecule has 2 aromatic heterocycles. The lowest BCUT2D eigenvalue weighted by Gasteiger charge is -2.06. The van der Waals surface area contributed by atoms with Crippen LogP contribution >= 0.6 is 0 Å². The van der Waals surface area contributed by atoms with Gasteiger partial charge in [0.05, 0.1) is 7.11 Å². The number of aryl methyl sites for hydroxylation is 1. The van der Waals surface area contributed by atoms with Crippen LogP contribution in [0.5, 0.6) is 5.88 Å². The van der Waals surface area contributed by atoms with Crippen LogP contribution in [0.4, 0.5) is 5.82 Å². The number of hydrogen-bond acceptors (Lipinski definition) is 5. The number of aromatic nitrogens is 3. The third kappa shape index (κ3) is 1.77. The molecule has 0 spiro atoms. The molecule has 0 atom stereocenters. The molecule has 92 valence electrons. The number of pyridine rings is 1. The molecule has 0 amide bonds. The highest BCUT2D eigenvalue weighted by molar-refractivity contribution is 5.58. The summed E-state index contributed by atoms with van der Waals surface area (Å²) in [6.07, 6.45) is 4.79. The van der Waals surface area contributed by atoms with E-state index in [2.05, 4.69) is 15.0 Å². The summed E-state index contributed by atoms with van der Waals surface area (Å²) in [5.74, 6) is 1.82. The fraction of sp³-hybridized carbons (Fsp3) is 0.308. The minimum absolute atomic E-state index is 0.577. The van der Waals surface area contributed by atoms with E-state index in [9.17, 15) is 0 Å².